The molecule has 2 N–H and O–H groups in total. The number of carbonyl (C=O) groups excluding carboxylic acids is 2. The second kappa shape index (κ2) is 7.92. The number of ether oxygens (including phenoxy) is 1. The number of nitrogens with one attached hydrogen (secondary N) is 2. The van der Waals surface area contributed by atoms with Crippen LogP contribution in [0.2, 0.25) is 0 Å². The lowest BCUT2D eigenvalue weighted by Crippen LogP contribution is -2.37. The summed E-state index contributed by atoms with van der Waals surface area (Å²) in [4.78, 5) is 22.4. The van der Waals surface area contributed by atoms with Crippen LogP contribution in [0.25, 0.3) is 0 Å². The van der Waals surface area contributed by atoms with E-state index in [4.69, 9.17) is 4.74 Å². The Balaban J connectivity index is 3.51. The van der Waals surface area contributed by atoms with Crippen LogP contribution in [0.15, 0.2) is 0 Å². The molecule has 0 rings (SSSR count). The number of amides is 2. The SMILES string of the molecule is CCCCC(=O)NCCNC(=O)OC(C)(C)C. The van der Waals surface area contributed by atoms with Gasteiger partial charge >= 0.3 is 6.09 Å². The van der Waals surface area contributed by atoms with E-state index in [2.05, 4.69) is 10.6 Å². The molecule has 0 aliphatic carbocycles. The van der Waals surface area contributed by atoms with Crippen LogP contribution in [0.5, 0.6) is 0 Å². The van der Waals surface area contributed by atoms with Crippen LogP contribution in [0.3, 0.4) is 0 Å². The fraction of sp³-hybridized carbons (Fsp3) is 0.833. The van der Waals surface area contributed by atoms with E-state index in [1.807, 2.05) is 6.92 Å². The molecular formula is C12H24N2O3. The molecule has 0 saturated heterocycles. The largest absolute Gasteiger partial charge is 0.444 e. The van der Waals surface area contributed by atoms with Crippen LogP contribution in [-0.2, 0) is 9.53 Å². The molecule has 0 aliphatic heterocycles. The van der Waals surface area contributed by atoms with Crippen LogP contribution >= 0.6 is 0 Å². The summed E-state index contributed by atoms with van der Waals surface area (Å²) in [6, 6.07) is 0. The fourth-order valence-corrected chi connectivity index (χ4v) is 1.11. The standard InChI is InChI=1S/C12H24N2O3/c1-5-6-7-10(15)13-8-9-14-11(16)17-12(2,3)4/h5-9H2,1-4H3,(H,13,15)(H,14,16). The molecule has 0 spiro atoms. The molecule has 100 valence electrons. The zero-order chi connectivity index (χ0) is 13.3. The van der Waals surface area contributed by atoms with Gasteiger partial charge in [0.2, 0.25) is 5.91 Å². The highest BCUT2D eigenvalue weighted by Crippen LogP contribution is 2.05. The smallest absolute Gasteiger partial charge is 0.407 e. The van der Waals surface area contributed by atoms with Crippen LogP contribution in [-0.4, -0.2) is 30.7 Å². The normalized spacial score (nSPS) is 10.8. The average Bonchev–Trinajstić information content (AvgIpc) is 2.19. The molecule has 17 heavy (non-hydrogen) atoms. The van der Waals surface area contributed by atoms with Gasteiger partial charge in [-0.05, 0) is 27.2 Å². The van der Waals surface area contributed by atoms with E-state index in [1.54, 1.807) is 20.8 Å². The van der Waals surface area contributed by atoms with Crippen molar-refractivity contribution in [2.45, 2.75) is 52.6 Å². The maximum absolute atomic E-state index is 11.2. The number of unbranched alkanes of at least 4 members (excludes halogenated alkanes) is 1. The number of alkyl carbamates (subject to hydrolysis) is 1. The molecule has 0 aromatic rings. The quantitative estimate of drug-likeness (QED) is 0.700. The highest BCUT2D eigenvalue weighted by atomic mass is 16.6. The van der Waals surface area contributed by atoms with Crippen molar-refractivity contribution in [3.63, 3.8) is 0 Å². The minimum atomic E-state index is -0.492. The van der Waals surface area contributed by atoms with Crippen molar-refractivity contribution in [3.8, 4) is 0 Å². The topological polar surface area (TPSA) is 67.4 Å². The Kier molecular flexibility index (Phi) is 7.34. The Morgan fingerprint density at radius 3 is 2.24 bits per heavy atom. The van der Waals surface area contributed by atoms with E-state index in [1.165, 1.54) is 0 Å². The first-order chi connectivity index (χ1) is 7.85. The second-order valence-corrected chi connectivity index (χ2v) is 4.88. The Bertz CT molecular complexity index is 247. The van der Waals surface area contributed by atoms with E-state index in [-0.39, 0.29) is 5.91 Å². The molecule has 0 atom stereocenters. The Morgan fingerprint density at radius 2 is 1.71 bits per heavy atom. The van der Waals surface area contributed by atoms with Gasteiger partial charge in [0, 0.05) is 19.5 Å². The average molecular weight is 244 g/mol. The molecule has 0 aliphatic rings. The van der Waals surface area contributed by atoms with E-state index in [0.717, 1.165) is 12.8 Å². The third-order valence-electron chi connectivity index (χ3n) is 1.87. The summed E-state index contributed by atoms with van der Waals surface area (Å²) in [6.45, 7) is 8.27. The molecule has 0 bridgehead atoms. The Morgan fingerprint density at radius 1 is 1.12 bits per heavy atom. The summed E-state index contributed by atoms with van der Waals surface area (Å²) >= 11 is 0. The van der Waals surface area contributed by atoms with Gasteiger partial charge in [-0.3, -0.25) is 4.79 Å². The lowest BCUT2D eigenvalue weighted by Gasteiger charge is -2.19. The summed E-state index contributed by atoms with van der Waals surface area (Å²) in [5, 5.41) is 5.30. The lowest BCUT2D eigenvalue weighted by atomic mass is 10.2. The third-order valence-corrected chi connectivity index (χ3v) is 1.87. The van der Waals surface area contributed by atoms with E-state index in [0.29, 0.717) is 19.5 Å². The van der Waals surface area contributed by atoms with Gasteiger partial charge in [-0.25, -0.2) is 4.79 Å². The maximum Gasteiger partial charge on any atom is 0.407 e. The van der Waals surface area contributed by atoms with Gasteiger partial charge in [0.1, 0.15) is 5.60 Å². The minimum absolute atomic E-state index is 0.0258. The molecule has 2 amide bonds. The van der Waals surface area contributed by atoms with Gasteiger partial charge in [0.05, 0.1) is 0 Å². The second-order valence-electron chi connectivity index (χ2n) is 4.88. The van der Waals surface area contributed by atoms with Gasteiger partial charge < -0.3 is 15.4 Å². The van der Waals surface area contributed by atoms with Gasteiger partial charge in [0.25, 0.3) is 0 Å². The monoisotopic (exact) mass is 244 g/mol. The number of carbonyl (C=O) groups is 2. The van der Waals surface area contributed by atoms with Crippen LogP contribution in [0, 0.1) is 0 Å². The van der Waals surface area contributed by atoms with E-state index < -0.39 is 11.7 Å². The molecule has 0 aromatic heterocycles. The number of hydrogen-bond acceptors (Lipinski definition) is 3. The molecule has 0 radical (unpaired) electrons. The van der Waals surface area contributed by atoms with Crippen molar-refractivity contribution in [3.05, 3.63) is 0 Å². The van der Waals surface area contributed by atoms with Crippen molar-refractivity contribution in [1.29, 1.82) is 0 Å². The number of rotatable bonds is 6. The molecule has 0 saturated carbocycles. The number of hydrogen-bond donors (Lipinski definition) is 2. The van der Waals surface area contributed by atoms with Crippen molar-refractivity contribution in [1.82, 2.24) is 10.6 Å². The Hall–Kier alpha value is -1.26. The molecule has 0 unspecified atom stereocenters. The van der Waals surface area contributed by atoms with Crippen molar-refractivity contribution >= 4 is 12.0 Å². The van der Waals surface area contributed by atoms with Gasteiger partial charge in [-0.15, -0.1) is 0 Å². The van der Waals surface area contributed by atoms with Crippen LogP contribution in [0.4, 0.5) is 4.79 Å². The van der Waals surface area contributed by atoms with E-state index in [9.17, 15) is 9.59 Å². The first-order valence-electron chi connectivity index (χ1n) is 6.08. The zero-order valence-corrected chi connectivity index (χ0v) is 11.3. The first-order valence-corrected chi connectivity index (χ1v) is 6.08. The summed E-state index contributed by atoms with van der Waals surface area (Å²) in [5.74, 6) is 0.0258. The van der Waals surface area contributed by atoms with Gasteiger partial charge in [-0.2, -0.15) is 0 Å². The summed E-state index contributed by atoms with van der Waals surface area (Å²) in [6.07, 6.45) is 1.98. The molecule has 0 aromatic carbocycles. The van der Waals surface area contributed by atoms with Gasteiger partial charge in [-0.1, -0.05) is 13.3 Å². The fourth-order valence-electron chi connectivity index (χ4n) is 1.11. The summed E-state index contributed by atoms with van der Waals surface area (Å²) in [5.41, 5.74) is -0.492. The Labute approximate surface area is 103 Å². The van der Waals surface area contributed by atoms with Crippen molar-refractivity contribution in [2.75, 3.05) is 13.1 Å². The van der Waals surface area contributed by atoms with Crippen molar-refractivity contribution in [2.24, 2.45) is 0 Å². The third kappa shape index (κ3) is 11.0. The van der Waals surface area contributed by atoms with Crippen LogP contribution in [0.1, 0.15) is 47.0 Å². The highest BCUT2D eigenvalue weighted by Gasteiger charge is 2.15. The highest BCUT2D eigenvalue weighted by molar-refractivity contribution is 5.75. The summed E-state index contributed by atoms with van der Waals surface area (Å²) in [7, 11) is 0. The maximum atomic E-state index is 11.2. The van der Waals surface area contributed by atoms with Crippen LogP contribution < -0.4 is 10.6 Å². The molecule has 0 fully saturated rings. The molecule has 5 nitrogen and oxygen atoms in total. The first kappa shape index (κ1) is 15.7. The van der Waals surface area contributed by atoms with E-state index >= 15 is 0 Å². The predicted molar refractivity (Wildman–Crippen MR) is 66.8 cm³/mol. The molecule has 5 heteroatoms. The molecule has 0 heterocycles. The van der Waals surface area contributed by atoms with Crippen molar-refractivity contribution < 1.29 is 14.3 Å². The molecular weight excluding hydrogens is 220 g/mol. The summed E-state index contributed by atoms with van der Waals surface area (Å²) < 4.78 is 5.05. The van der Waals surface area contributed by atoms with Gasteiger partial charge in [0.15, 0.2) is 0 Å². The predicted octanol–water partition coefficient (Wildman–Crippen LogP) is 1.82. The minimum Gasteiger partial charge on any atom is -0.444 e. The lowest BCUT2D eigenvalue weighted by molar-refractivity contribution is -0.121. The zero-order valence-electron chi connectivity index (χ0n) is 11.3.